The average Bonchev–Trinajstić information content (AvgIpc) is 3.41. The van der Waals surface area contributed by atoms with Gasteiger partial charge in [-0.1, -0.05) is 29.8 Å². The number of likely N-dealkylation sites (tertiary alicyclic amines) is 1. The second-order valence-electron chi connectivity index (χ2n) is 7.12. The summed E-state index contributed by atoms with van der Waals surface area (Å²) >= 11 is 5.88. The van der Waals surface area contributed by atoms with Crippen molar-refractivity contribution < 1.29 is 9.53 Å². The zero-order valence-electron chi connectivity index (χ0n) is 16.1. The van der Waals surface area contributed by atoms with Crippen LogP contribution in [0.5, 0.6) is 5.75 Å². The first kappa shape index (κ1) is 19.5. The van der Waals surface area contributed by atoms with E-state index in [2.05, 4.69) is 10.2 Å². The van der Waals surface area contributed by atoms with Crippen molar-refractivity contribution in [1.29, 1.82) is 0 Å². The van der Waals surface area contributed by atoms with E-state index in [-0.39, 0.29) is 18.6 Å². The van der Waals surface area contributed by atoms with Gasteiger partial charge in [-0.2, -0.15) is 0 Å². The zero-order valence-corrected chi connectivity index (χ0v) is 16.8. The lowest BCUT2D eigenvalue weighted by molar-refractivity contribution is -0.134. The van der Waals surface area contributed by atoms with Crippen LogP contribution in [0.4, 0.5) is 0 Å². The van der Waals surface area contributed by atoms with Gasteiger partial charge < -0.3 is 9.64 Å². The first-order chi connectivity index (χ1) is 14.2. The van der Waals surface area contributed by atoms with E-state index in [0.717, 1.165) is 43.7 Å². The number of aryl methyl sites for hydroxylation is 1. The van der Waals surface area contributed by atoms with Crippen molar-refractivity contribution in [3.63, 3.8) is 0 Å². The number of hydrogen-bond acceptors (Lipinski definition) is 4. The van der Waals surface area contributed by atoms with E-state index in [0.29, 0.717) is 10.8 Å². The van der Waals surface area contributed by atoms with Crippen LogP contribution in [-0.4, -0.2) is 44.8 Å². The fourth-order valence-electron chi connectivity index (χ4n) is 3.75. The van der Waals surface area contributed by atoms with E-state index in [9.17, 15) is 4.79 Å². The summed E-state index contributed by atoms with van der Waals surface area (Å²) in [5.74, 6) is 1.58. The number of carbonyl (C=O) groups excluding carboxylic acids is 1. The highest BCUT2D eigenvalue weighted by Gasteiger charge is 2.29. The maximum absolute atomic E-state index is 12.7. The molecule has 2 aromatic carbocycles. The smallest absolute Gasteiger partial charge is 0.260 e. The lowest BCUT2D eigenvalue weighted by Gasteiger charge is -2.24. The van der Waals surface area contributed by atoms with Crippen LogP contribution in [0.15, 0.2) is 60.9 Å². The summed E-state index contributed by atoms with van der Waals surface area (Å²) in [7, 11) is 0. The molecular formula is C22H23ClN4O2. The maximum Gasteiger partial charge on any atom is 0.260 e. The molecule has 7 heteroatoms. The third kappa shape index (κ3) is 4.77. The third-order valence-corrected chi connectivity index (χ3v) is 5.48. The zero-order chi connectivity index (χ0) is 20.1. The van der Waals surface area contributed by atoms with Gasteiger partial charge in [0.25, 0.3) is 5.91 Å². The van der Waals surface area contributed by atoms with Crippen molar-refractivity contribution in [3.8, 4) is 11.4 Å². The number of ether oxygens (including phenoxy) is 1. The monoisotopic (exact) mass is 410 g/mol. The van der Waals surface area contributed by atoms with E-state index in [1.54, 1.807) is 30.6 Å². The Kier molecular flexibility index (Phi) is 6.10. The molecule has 4 rings (SSSR count). The number of nitrogens with zero attached hydrogens (tertiary/aromatic N) is 4. The van der Waals surface area contributed by atoms with Crippen molar-refractivity contribution >= 4 is 17.5 Å². The molecule has 1 saturated heterocycles. The van der Waals surface area contributed by atoms with Crippen LogP contribution in [0, 0.1) is 0 Å². The molecule has 150 valence electrons. The van der Waals surface area contributed by atoms with Gasteiger partial charge in [0.15, 0.2) is 6.61 Å². The van der Waals surface area contributed by atoms with Crippen LogP contribution in [0.25, 0.3) is 5.69 Å². The van der Waals surface area contributed by atoms with Gasteiger partial charge in [-0.25, -0.2) is 0 Å². The van der Waals surface area contributed by atoms with E-state index in [4.69, 9.17) is 16.3 Å². The molecule has 3 aromatic rings. The number of hydrogen-bond donors (Lipinski definition) is 0. The summed E-state index contributed by atoms with van der Waals surface area (Å²) in [6.07, 6.45) is 5.39. The van der Waals surface area contributed by atoms with Crippen molar-refractivity contribution in [2.45, 2.75) is 31.7 Å². The molecule has 1 aliphatic rings. The minimum atomic E-state index is 0.0203. The van der Waals surface area contributed by atoms with Crippen molar-refractivity contribution in [3.05, 3.63) is 71.8 Å². The highest BCUT2D eigenvalue weighted by molar-refractivity contribution is 6.30. The van der Waals surface area contributed by atoms with E-state index < -0.39 is 0 Å². The molecule has 1 aliphatic heterocycles. The van der Waals surface area contributed by atoms with Gasteiger partial charge in [-0.15, -0.1) is 10.2 Å². The van der Waals surface area contributed by atoms with Crippen LogP contribution in [0.2, 0.25) is 5.02 Å². The molecule has 0 saturated carbocycles. The molecule has 6 nitrogen and oxygen atoms in total. The number of carbonyl (C=O) groups is 1. The van der Waals surface area contributed by atoms with Crippen LogP contribution < -0.4 is 4.74 Å². The lowest BCUT2D eigenvalue weighted by Crippen LogP contribution is -2.39. The topological polar surface area (TPSA) is 60.2 Å². The summed E-state index contributed by atoms with van der Waals surface area (Å²) in [6, 6.07) is 17.3. The van der Waals surface area contributed by atoms with Gasteiger partial charge in [0, 0.05) is 29.7 Å². The minimum Gasteiger partial charge on any atom is -0.484 e. The third-order valence-electron chi connectivity index (χ3n) is 5.23. The summed E-state index contributed by atoms with van der Waals surface area (Å²) in [6.45, 7) is 0.817. The van der Waals surface area contributed by atoms with Crippen molar-refractivity contribution in [2.75, 3.05) is 13.2 Å². The quantitative estimate of drug-likeness (QED) is 0.592. The van der Waals surface area contributed by atoms with Gasteiger partial charge in [0.2, 0.25) is 0 Å². The molecule has 0 N–H and O–H groups in total. The predicted octanol–water partition coefficient (Wildman–Crippen LogP) is 3.92. The van der Waals surface area contributed by atoms with Gasteiger partial charge in [0.1, 0.15) is 17.9 Å². The first-order valence-electron chi connectivity index (χ1n) is 9.83. The number of para-hydroxylation sites is 1. The Morgan fingerprint density at radius 1 is 1.14 bits per heavy atom. The fourth-order valence-corrected chi connectivity index (χ4v) is 3.88. The van der Waals surface area contributed by atoms with Gasteiger partial charge in [-0.3, -0.25) is 9.36 Å². The Labute approximate surface area is 175 Å². The number of benzene rings is 2. The molecule has 1 amide bonds. The highest BCUT2D eigenvalue weighted by atomic mass is 35.5. The molecule has 2 heterocycles. The standard InChI is InChI=1S/C22H23ClN4O2/c23-17-8-11-20(12-9-17)29-15-22(28)26-14-4-7-19(26)10-13-21-25-24-16-27(21)18-5-2-1-3-6-18/h1-3,5-6,8-9,11-12,16,19H,4,7,10,13-15H2. The maximum atomic E-state index is 12.7. The van der Waals surface area contributed by atoms with Crippen LogP contribution in [-0.2, 0) is 11.2 Å². The first-order valence-corrected chi connectivity index (χ1v) is 10.2. The van der Waals surface area contributed by atoms with Gasteiger partial charge >= 0.3 is 0 Å². The second kappa shape index (κ2) is 9.09. The van der Waals surface area contributed by atoms with Crippen LogP contribution >= 0.6 is 11.6 Å². The number of amides is 1. The normalized spacial score (nSPS) is 16.2. The average molecular weight is 411 g/mol. The molecule has 0 bridgehead atoms. The Balaban J connectivity index is 1.34. The summed E-state index contributed by atoms with van der Waals surface area (Å²) in [5.41, 5.74) is 1.04. The SMILES string of the molecule is O=C(COc1ccc(Cl)cc1)N1CCCC1CCc1nncn1-c1ccccc1. The highest BCUT2D eigenvalue weighted by Crippen LogP contribution is 2.23. The molecule has 0 radical (unpaired) electrons. The van der Waals surface area contributed by atoms with E-state index >= 15 is 0 Å². The molecule has 29 heavy (non-hydrogen) atoms. The Morgan fingerprint density at radius 3 is 2.72 bits per heavy atom. The molecule has 1 fully saturated rings. The Hall–Kier alpha value is -2.86. The van der Waals surface area contributed by atoms with Crippen molar-refractivity contribution in [1.82, 2.24) is 19.7 Å². The lowest BCUT2D eigenvalue weighted by atomic mass is 10.1. The van der Waals surface area contributed by atoms with Gasteiger partial charge in [0.05, 0.1) is 0 Å². The number of aromatic nitrogens is 3. The fraction of sp³-hybridized carbons (Fsp3) is 0.318. The molecular weight excluding hydrogens is 388 g/mol. The molecule has 0 spiro atoms. The van der Waals surface area contributed by atoms with E-state index in [1.807, 2.05) is 39.8 Å². The largest absolute Gasteiger partial charge is 0.484 e. The number of halogens is 1. The Bertz CT molecular complexity index is 943. The Morgan fingerprint density at radius 2 is 1.93 bits per heavy atom. The predicted molar refractivity (Wildman–Crippen MR) is 111 cm³/mol. The number of rotatable bonds is 7. The van der Waals surface area contributed by atoms with Crippen LogP contribution in [0.3, 0.4) is 0 Å². The summed E-state index contributed by atoms with van der Waals surface area (Å²) in [5, 5.41) is 9.00. The molecule has 1 unspecified atom stereocenters. The molecule has 1 aromatic heterocycles. The van der Waals surface area contributed by atoms with Crippen molar-refractivity contribution in [2.24, 2.45) is 0 Å². The minimum absolute atomic E-state index is 0.0203. The van der Waals surface area contributed by atoms with Crippen LogP contribution in [0.1, 0.15) is 25.1 Å². The van der Waals surface area contributed by atoms with E-state index in [1.165, 1.54) is 0 Å². The molecule has 0 aliphatic carbocycles. The summed E-state index contributed by atoms with van der Waals surface area (Å²) < 4.78 is 7.64. The second-order valence-corrected chi connectivity index (χ2v) is 7.55. The summed E-state index contributed by atoms with van der Waals surface area (Å²) in [4.78, 5) is 14.6. The molecule has 1 atom stereocenters. The van der Waals surface area contributed by atoms with Gasteiger partial charge in [-0.05, 0) is 55.7 Å².